The minimum Gasteiger partial charge on any atom is -0.381 e. The third-order valence-electron chi connectivity index (χ3n) is 4.15. The molecule has 0 atom stereocenters. The van der Waals surface area contributed by atoms with Crippen LogP contribution in [0.2, 0.25) is 0 Å². The van der Waals surface area contributed by atoms with Crippen molar-refractivity contribution in [2.45, 2.75) is 51.7 Å². The van der Waals surface area contributed by atoms with E-state index in [1.54, 1.807) is 0 Å². The minimum absolute atomic E-state index is 0.527. The van der Waals surface area contributed by atoms with Gasteiger partial charge in [-0.3, -0.25) is 4.90 Å². The highest BCUT2D eigenvalue weighted by Crippen LogP contribution is 2.22. The van der Waals surface area contributed by atoms with Gasteiger partial charge >= 0.3 is 0 Å². The van der Waals surface area contributed by atoms with Gasteiger partial charge in [0, 0.05) is 38.5 Å². The molecule has 0 aromatic carbocycles. The molecule has 18 heavy (non-hydrogen) atoms. The predicted octanol–water partition coefficient (Wildman–Crippen LogP) is 2.00. The zero-order valence-electron chi connectivity index (χ0n) is 11.4. The Balaban J connectivity index is 1.71. The molecule has 1 saturated heterocycles. The maximum Gasteiger partial charge on any atom is 0.123 e. The van der Waals surface area contributed by atoms with Crippen molar-refractivity contribution in [3.8, 4) is 0 Å². The van der Waals surface area contributed by atoms with Crippen molar-refractivity contribution in [1.29, 1.82) is 0 Å². The van der Waals surface area contributed by atoms with Gasteiger partial charge in [-0.05, 0) is 18.8 Å². The second kappa shape index (κ2) is 5.02. The molecule has 1 fully saturated rings. The summed E-state index contributed by atoms with van der Waals surface area (Å²) in [6.45, 7) is 9.53. The molecular formula is C14H23N3O. The number of fused-ring (bicyclic) bond motifs is 1. The van der Waals surface area contributed by atoms with E-state index in [0.717, 1.165) is 32.8 Å². The molecule has 1 aromatic heterocycles. The summed E-state index contributed by atoms with van der Waals surface area (Å²) in [5.74, 6) is 1.77. The normalized spacial score (nSPS) is 22.4. The summed E-state index contributed by atoms with van der Waals surface area (Å²) in [4.78, 5) is 7.38. The zero-order valence-corrected chi connectivity index (χ0v) is 11.4. The van der Waals surface area contributed by atoms with Gasteiger partial charge in [-0.25, -0.2) is 4.98 Å². The number of nitrogens with zero attached hydrogens (tertiary/aromatic N) is 3. The molecule has 4 nitrogen and oxygen atoms in total. The Morgan fingerprint density at radius 2 is 2.06 bits per heavy atom. The lowest BCUT2D eigenvalue weighted by Crippen LogP contribution is -2.43. The predicted molar refractivity (Wildman–Crippen MR) is 70.6 cm³/mol. The van der Waals surface area contributed by atoms with Crippen molar-refractivity contribution >= 4 is 0 Å². The van der Waals surface area contributed by atoms with Crippen LogP contribution in [0.5, 0.6) is 0 Å². The molecule has 0 saturated carbocycles. The molecule has 2 aliphatic rings. The van der Waals surface area contributed by atoms with Gasteiger partial charge in [0.25, 0.3) is 0 Å². The number of hydrogen-bond acceptors (Lipinski definition) is 3. The Bertz CT molecular complexity index is 407. The van der Waals surface area contributed by atoms with Crippen LogP contribution in [0.1, 0.15) is 44.1 Å². The third-order valence-corrected chi connectivity index (χ3v) is 4.15. The first-order valence-corrected chi connectivity index (χ1v) is 7.12. The van der Waals surface area contributed by atoms with E-state index in [1.165, 1.54) is 24.4 Å². The van der Waals surface area contributed by atoms with Crippen molar-refractivity contribution in [3.63, 3.8) is 0 Å². The van der Waals surface area contributed by atoms with Crippen LogP contribution in [0.15, 0.2) is 6.20 Å². The summed E-state index contributed by atoms with van der Waals surface area (Å²) in [5, 5.41) is 0. The fourth-order valence-corrected chi connectivity index (χ4v) is 2.93. The van der Waals surface area contributed by atoms with Gasteiger partial charge in [-0.2, -0.15) is 0 Å². The Hall–Kier alpha value is -0.870. The largest absolute Gasteiger partial charge is 0.381 e. The highest BCUT2D eigenvalue weighted by Gasteiger charge is 2.26. The molecule has 2 aliphatic heterocycles. The van der Waals surface area contributed by atoms with E-state index in [2.05, 4.69) is 29.5 Å². The summed E-state index contributed by atoms with van der Waals surface area (Å²) in [6, 6.07) is 0.701. The van der Waals surface area contributed by atoms with E-state index in [1.807, 2.05) is 0 Å². The van der Waals surface area contributed by atoms with Crippen LogP contribution in [0.4, 0.5) is 0 Å². The molecule has 0 bridgehead atoms. The van der Waals surface area contributed by atoms with E-state index in [-0.39, 0.29) is 0 Å². The Labute approximate surface area is 109 Å². The molecule has 0 spiro atoms. The topological polar surface area (TPSA) is 30.3 Å². The maximum absolute atomic E-state index is 5.45. The third kappa shape index (κ3) is 2.31. The van der Waals surface area contributed by atoms with E-state index in [0.29, 0.717) is 12.0 Å². The number of rotatable bonds is 2. The maximum atomic E-state index is 5.45. The van der Waals surface area contributed by atoms with E-state index < -0.39 is 0 Å². The molecule has 0 amide bonds. The Morgan fingerprint density at radius 1 is 1.28 bits per heavy atom. The van der Waals surface area contributed by atoms with Gasteiger partial charge in [0.15, 0.2) is 0 Å². The van der Waals surface area contributed by atoms with E-state index in [9.17, 15) is 0 Å². The average Bonchev–Trinajstić information content (AvgIpc) is 2.82. The van der Waals surface area contributed by atoms with Crippen molar-refractivity contribution < 1.29 is 4.74 Å². The monoisotopic (exact) mass is 249 g/mol. The highest BCUT2D eigenvalue weighted by atomic mass is 16.5. The first-order chi connectivity index (χ1) is 8.74. The molecule has 3 rings (SSSR count). The van der Waals surface area contributed by atoms with Crippen molar-refractivity contribution in [2.24, 2.45) is 0 Å². The second-order valence-corrected chi connectivity index (χ2v) is 5.74. The smallest absolute Gasteiger partial charge is 0.123 e. The van der Waals surface area contributed by atoms with Gasteiger partial charge in [-0.1, -0.05) is 13.8 Å². The second-order valence-electron chi connectivity index (χ2n) is 5.74. The summed E-state index contributed by atoms with van der Waals surface area (Å²) in [7, 11) is 0. The van der Waals surface area contributed by atoms with E-state index in [4.69, 9.17) is 9.72 Å². The quantitative estimate of drug-likeness (QED) is 0.803. The molecule has 0 unspecified atom stereocenters. The lowest BCUT2D eigenvalue weighted by Gasteiger charge is -2.36. The van der Waals surface area contributed by atoms with Crippen LogP contribution in [0, 0.1) is 0 Å². The van der Waals surface area contributed by atoms with E-state index >= 15 is 0 Å². The SMILES string of the molecule is CC(C)c1cn2c(n1)CN(C1CCOCC1)CC2. The first-order valence-electron chi connectivity index (χ1n) is 7.12. The van der Waals surface area contributed by atoms with Crippen LogP contribution < -0.4 is 0 Å². The van der Waals surface area contributed by atoms with Crippen LogP contribution in [-0.4, -0.2) is 40.3 Å². The molecular weight excluding hydrogens is 226 g/mol. The molecule has 3 heterocycles. The van der Waals surface area contributed by atoms with Crippen LogP contribution in [0.3, 0.4) is 0 Å². The van der Waals surface area contributed by atoms with Crippen molar-refractivity contribution in [3.05, 3.63) is 17.7 Å². The summed E-state index contributed by atoms with van der Waals surface area (Å²) < 4.78 is 7.79. The molecule has 1 aromatic rings. The number of aromatic nitrogens is 2. The van der Waals surface area contributed by atoms with Crippen LogP contribution in [-0.2, 0) is 17.8 Å². The van der Waals surface area contributed by atoms with Gasteiger partial charge in [0.05, 0.1) is 12.2 Å². The van der Waals surface area contributed by atoms with Crippen LogP contribution in [0.25, 0.3) is 0 Å². The van der Waals surface area contributed by atoms with Gasteiger partial charge in [0.1, 0.15) is 5.82 Å². The van der Waals surface area contributed by atoms with Gasteiger partial charge in [-0.15, -0.1) is 0 Å². The lowest BCUT2D eigenvalue weighted by atomic mass is 10.1. The van der Waals surface area contributed by atoms with Crippen molar-refractivity contribution in [2.75, 3.05) is 19.8 Å². The molecule has 0 aliphatic carbocycles. The Morgan fingerprint density at radius 3 is 2.78 bits per heavy atom. The standard InChI is InChI=1S/C14H23N3O/c1-11(2)13-9-17-6-5-16(10-14(17)15-13)12-3-7-18-8-4-12/h9,11-12H,3-8,10H2,1-2H3. The van der Waals surface area contributed by atoms with Crippen LogP contribution >= 0.6 is 0 Å². The zero-order chi connectivity index (χ0) is 12.5. The fourth-order valence-electron chi connectivity index (χ4n) is 2.93. The van der Waals surface area contributed by atoms with Crippen molar-refractivity contribution in [1.82, 2.24) is 14.5 Å². The first kappa shape index (κ1) is 12.2. The van der Waals surface area contributed by atoms with Gasteiger partial charge < -0.3 is 9.30 Å². The molecule has 0 N–H and O–H groups in total. The highest BCUT2D eigenvalue weighted by molar-refractivity contribution is 5.09. The molecule has 0 radical (unpaired) electrons. The summed E-state index contributed by atoms with van der Waals surface area (Å²) in [5.41, 5.74) is 1.24. The number of imidazole rings is 1. The average molecular weight is 249 g/mol. The Kier molecular flexibility index (Phi) is 3.39. The molecule has 4 heteroatoms. The summed E-state index contributed by atoms with van der Waals surface area (Å²) >= 11 is 0. The lowest BCUT2D eigenvalue weighted by molar-refractivity contribution is 0.0235. The number of ether oxygens (including phenoxy) is 1. The molecule has 100 valence electrons. The number of hydrogen-bond donors (Lipinski definition) is 0. The minimum atomic E-state index is 0.527. The van der Waals surface area contributed by atoms with Gasteiger partial charge in [0.2, 0.25) is 0 Å². The summed E-state index contributed by atoms with van der Waals surface area (Å²) in [6.07, 6.45) is 4.59. The fraction of sp³-hybridized carbons (Fsp3) is 0.786.